The van der Waals surface area contributed by atoms with Crippen molar-refractivity contribution < 1.29 is 13.2 Å². The zero-order chi connectivity index (χ0) is 21.3. The summed E-state index contributed by atoms with van der Waals surface area (Å²) in [5, 5.41) is 1.40. The Morgan fingerprint density at radius 2 is 1.73 bits per heavy atom. The zero-order valence-electron chi connectivity index (χ0n) is 17.2. The quantitative estimate of drug-likeness (QED) is 0.577. The van der Waals surface area contributed by atoms with E-state index in [2.05, 4.69) is 16.7 Å². The van der Waals surface area contributed by atoms with Gasteiger partial charge in [-0.25, -0.2) is 12.4 Å². The minimum absolute atomic E-state index is 0.238. The summed E-state index contributed by atoms with van der Waals surface area (Å²) in [7, 11) is -2.15. The number of rotatable bonds is 6. The third-order valence-corrected chi connectivity index (χ3v) is 7.80. The van der Waals surface area contributed by atoms with Crippen molar-refractivity contribution >= 4 is 32.5 Å². The van der Waals surface area contributed by atoms with Crippen LogP contribution in [0.4, 0.5) is 0 Å². The number of nitrogens with zero attached hydrogens (tertiary/aromatic N) is 3. The van der Waals surface area contributed by atoms with E-state index in [4.69, 9.17) is 16.3 Å². The van der Waals surface area contributed by atoms with E-state index in [-0.39, 0.29) is 4.90 Å². The van der Waals surface area contributed by atoms with Gasteiger partial charge in [0.2, 0.25) is 0 Å². The van der Waals surface area contributed by atoms with Crippen molar-refractivity contribution in [1.82, 2.24) is 13.8 Å². The molecular weight excluding hydrogens is 422 g/mol. The molecule has 0 radical (unpaired) electrons. The summed E-state index contributed by atoms with van der Waals surface area (Å²) < 4.78 is 33.3. The number of piperazine rings is 1. The van der Waals surface area contributed by atoms with Crippen molar-refractivity contribution in [3.8, 4) is 5.75 Å². The van der Waals surface area contributed by atoms with Gasteiger partial charge < -0.3 is 9.64 Å². The van der Waals surface area contributed by atoms with Crippen LogP contribution in [0.25, 0.3) is 10.9 Å². The molecule has 0 N–H and O–H groups in total. The first-order chi connectivity index (χ1) is 14.4. The number of ether oxygens (including phenoxy) is 1. The normalized spacial score (nSPS) is 16.2. The molecule has 30 heavy (non-hydrogen) atoms. The summed E-state index contributed by atoms with van der Waals surface area (Å²) in [5.41, 5.74) is 1.45. The summed E-state index contributed by atoms with van der Waals surface area (Å²) in [6, 6.07) is 12.1. The molecule has 0 bridgehead atoms. The highest BCUT2D eigenvalue weighted by Gasteiger charge is 2.22. The third-order valence-electron chi connectivity index (χ3n) is 5.74. The number of methoxy groups -OCH3 is 1. The van der Waals surface area contributed by atoms with Gasteiger partial charge in [0.15, 0.2) is 0 Å². The topological polar surface area (TPSA) is 54.8 Å². The van der Waals surface area contributed by atoms with Crippen LogP contribution in [-0.4, -0.2) is 62.0 Å². The summed E-state index contributed by atoms with van der Waals surface area (Å²) in [6.07, 6.45) is 1.58. The van der Waals surface area contributed by atoms with Crippen LogP contribution < -0.4 is 4.74 Å². The number of benzene rings is 2. The summed E-state index contributed by atoms with van der Waals surface area (Å²) >= 11 is 6.42. The molecule has 1 aliphatic heterocycles. The number of hydrogen-bond donors (Lipinski definition) is 0. The van der Waals surface area contributed by atoms with Gasteiger partial charge in [0.25, 0.3) is 10.0 Å². The minimum Gasteiger partial charge on any atom is -0.497 e. The van der Waals surface area contributed by atoms with Gasteiger partial charge in [-0.15, -0.1) is 0 Å². The molecule has 0 unspecified atom stereocenters. The van der Waals surface area contributed by atoms with E-state index in [9.17, 15) is 8.42 Å². The molecule has 0 amide bonds. The molecule has 8 heteroatoms. The highest BCUT2D eigenvalue weighted by atomic mass is 35.5. The third kappa shape index (κ3) is 4.07. The molecule has 0 spiro atoms. The molecule has 4 rings (SSSR count). The fourth-order valence-corrected chi connectivity index (χ4v) is 5.46. The molecule has 2 aromatic carbocycles. The van der Waals surface area contributed by atoms with Gasteiger partial charge in [0.05, 0.1) is 17.5 Å². The Morgan fingerprint density at radius 1 is 1.00 bits per heavy atom. The molecule has 1 fully saturated rings. The maximum absolute atomic E-state index is 13.4. The average molecular weight is 448 g/mol. The van der Waals surface area contributed by atoms with Crippen LogP contribution in [-0.2, 0) is 16.6 Å². The van der Waals surface area contributed by atoms with Crippen LogP contribution in [0.15, 0.2) is 53.6 Å². The smallest absolute Gasteiger partial charge is 0.268 e. The number of aromatic nitrogens is 1. The summed E-state index contributed by atoms with van der Waals surface area (Å²) in [4.78, 5) is 4.97. The molecule has 160 valence electrons. The fourth-order valence-electron chi connectivity index (χ4n) is 3.88. The minimum atomic E-state index is -3.74. The van der Waals surface area contributed by atoms with Crippen LogP contribution in [0, 0.1) is 0 Å². The summed E-state index contributed by atoms with van der Waals surface area (Å²) in [6.45, 7) is 7.80. The second-order valence-electron chi connectivity index (χ2n) is 7.50. The van der Waals surface area contributed by atoms with Crippen molar-refractivity contribution in [2.45, 2.75) is 18.4 Å². The number of fused-ring (bicyclic) bond motifs is 1. The Balaban J connectivity index is 1.63. The lowest BCUT2D eigenvalue weighted by Crippen LogP contribution is -2.45. The molecule has 0 saturated carbocycles. The van der Waals surface area contributed by atoms with Crippen molar-refractivity contribution in [2.75, 3.05) is 39.8 Å². The molecule has 0 atom stereocenters. The molecular formula is C22H26ClN3O3S. The average Bonchev–Trinajstić information content (AvgIpc) is 3.19. The lowest BCUT2D eigenvalue weighted by atomic mass is 10.2. The van der Waals surface area contributed by atoms with Crippen molar-refractivity contribution in [2.24, 2.45) is 0 Å². The van der Waals surface area contributed by atoms with E-state index in [1.165, 1.54) is 3.97 Å². The second kappa shape index (κ2) is 8.59. The maximum atomic E-state index is 13.4. The highest BCUT2D eigenvalue weighted by Crippen LogP contribution is 2.28. The van der Waals surface area contributed by atoms with Crippen molar-refractivity contribution in [1.29, 1.82) is 0 Å². The largest absolute Gasteiger partial charge is 0.497 e. The first-order valence-corrected chi connectivity index (χ1v) is 11.9. The van der Waals surface area contributed by atoms with E-state index >= 15 is 0 Å². The molecule has 6 nitrogen and oxygen atoms in total. The summed E-state index contributed by atoms with van der Waals surface area (Å²) in [5.74, 6) is 0.689. The van der Waals surface area contributed by atoms with Gasteiger partial charge in [-0.3, -0.25) is 4.90 Å². The van der Waals surface area contributed by atoms with Crippen LogP contribution in [0.3, 0.4) is 0 Å². The molecule has 0 aliphatic carbocycles. The lowest BCUT2D eigenvalue weighted by molar-refractivity contribution is 0.132. The SMILES string of the molecule is CCN1CCN(Cc2cc(S(=O)(=O)n3ccc4cc(OC)ccc43)ccc2Cl)CC1. The standard InChI is InChI=1S/C22H26ClN3O3S/c1-3-24-10-12-25(13-11-24)16-18-15-20(5-6-21(18)23)30(27,28)26-9-8-17-14-19(29-2)4-7-22(17)26/h4-9,14-15H,3,10-13,16H2,1-2H3. The Morgan fingerprint density at radius 3 is 2.43 bits per heavy atom. The Kier molecular flexibility index (Phi) is 6.06. The van der Waals surface area contributed by atoms with E-state index < -0.39 is 10.0 Å². The van der Waals surface area contributed by atoms with Gasteiger partial charge in [-0.05, 0) is 54.6 Å². The van der Waals surface area contributed by atoms with Crippen LogP contribution in [0.2, 0.25) is 5.02 Å². The van der Waals surface area contributed by atoms with E-state index in [1.807, 2.05) is 6.07 Å². The number of hydrogen-bond acceptors (Lipinski definition) is 5. The Hall–Kier alpha value is -2.06. The van der Waals surface area contributed by atoms with E-state index in [0.717, 1.165) is 43.7 Å². The first-order valence-electron chi connectivity index (χ1n) is 10.1. The number of likely N-dealkylation sites (N-methyl/N-ethyl adjacent to an activating group) is 1. The predicted octanol–water partition coefficient (Wildman–Crippen LogP) is 3.68. The van der Waals surface area contributed by atoms with Crippen LogP contribution in [0.5, 0.6) is 5.75 Å². The van der Waals surface area contributed by atoms with Gasteiger partial charge in [0, 0.05) is 49.3 Å². The molecule has 1 aromatic heterocycles. The Bertz CT molecular complexity index is 1150. The maximum Gasteiger partial charge on any atom is 0.268 e. The van der Waals surface area contributed by atoms with Crippen molar-refractivity contribution in [3.63, 3.8) is 0 Å². The zero-order valence-corrected chi connectivity index (χ0v) is 18.8. The van der Waals surface area contributed by atoms with Gasteiger partial charge in [0.1, 0.15) is 5.75 Å². The highest BCUT2D eigenvalue weighted by molar-refractivity contribution is 7.90. The predicted molar refractivity (Wildman–Crippen MR) is 120 cm³/mol. The van der Waals surface area contributed by atoms with Gasteiger partial charge in [-0.1, -0.05) is 18.5 Å². The second-order valence-corrected chi connectivity index (χ2v) is 9.73. The van der Waals surface area contributed by atoms with Crippen LogP contribution in [0.1, 0.15) is 12.5 Å². The van der Waals surface area contributed by atoms with E-state index in [0.29, 0.717) is 22.8 Å². The monoisotopic (exact) mass is 447 g/mol. The molecule has 2 heterocycles. The molecule has 1 aliphatic rings. The van der Waals surface area contributed by atoms with Crippen molar-refractivity contribution in [3.05, 3.63) is 59.2 Å². The van der Waals surface area contributed by atoms with E-state index in [1.54, 1.807) is 49.7 Å². The fraction of sp³-hybridized carbons (Fsp3) is 0.364. The van der Waals surface area contributed by atoms with Gasteiger partial charge >= 0.3 is 0 Å². The first kappa shape index (κ1) is 21.2. The lowest BCUT2D eigenvalue weighted by Gasteiger charge is -2.34. The number of halogens is 1. The molecule has 3 aromatic rings. The van der Waals surface area contributed by atoms with Crippen LogP contribution >= 0.6 is 11.6 Å². The molecule has 1 saturated heterocycles. The Labute approximate surface area is 182 Å². The van der Waals surface area contributed by atoms with Gasteiger partial charge in [-0.2, -0.15) is 0 Å².